The van der Waals surface area contributed by atoms with Crippen LogP contribution in [0.3, 0.4) is 0 Å². The molecule has 0 heterocycles. The predicted molar refractivity (Wildman–Crippen MR) is 92.0 cm³/mol. The van der Waals surface area contributed by atoms with Crippen LogP contribution in [0, 0.1) is 24.0 Å². The molecule has 2 rings (SSSR count). The first-order valence-electron chi connectivity index (χ1n) is 8.44. The van der Waals surface area contributed by atoms with E-state index in [2.05, 4.69) is 45.9 Å². The van der Waals surface area contributed by atoms with Gasteiger partial charge in [-0.1, -0.05) is 51.7 Å². The number of phenolic OH excluding ortho intramolecular Hbond substituents is 2. The quantitative estimate of drug-likeness (QED) is 0.446. The van der Waals surface area contributed by atoms with E-state index in [1.165, 1.54) is 25.3 Å². The number of hydrogen-bond acceptors (Lipinski definition) is 2. The van der Waals surface area contributed by atoms with Gasteiger partial charge < -0.3 is 22.3 Å². The maximum atomic E-state index is 9.06. The van der Waals surface area contributed by atoms with E-state index >= 15 is 0 Å². The SMILES string of the molecule is CC1=CCC(C(C)C)CC1.CCCCc1[c-]c(O)cc(O)[c-]1.[Y].[Y]. The Morgan fingerprint density at radius 3 is 2.17 bits per heavy atom. The fourth-order valence-corrected chi connectivity index (χ4v) is 2.61. The number of unbranched alkanes of at least 4 members (excludes halogenated alkanes) is 1. The number of phenols is 2. The Bertz CT molecular complexity index is 464. The summed E-state index contributed by atoms with van der Waals surface area (Å²) in [6.45, 7) is 9.00. The second-order valence-electron chi connectivity index (χ2n) is 6.58. The van der Waals surface area contributed by atoms with Crippen LogP contribution in [0.1, 0.15) is 65.4 Å². The number of rotatable bonds is 4. The molecule has 2 radical (unpaired) electrons. The molecule has 2 N–H and O–H groups in total. The molecule has 1 aliphatic rings. The maximum absolute atomic E-state index is 9.06. The van der Waals surface area contributed by atoms with Crippen molar-refractivity contribution in [1.29, 1.82) is 0 Å². The van der Waals surface area contributed by atoms with Crippen LogP contribution in [0.4, 0.5) is 0 Å². The summed E-state index contributed by atoms with van der Waals surface area (Å²) in [6, 6.07) is 6.68. The summed E-state index contributed by atoms with van der Waals surface area (Å²) in [5.74, 6) is 1.81. The van der Waals surface area contributed by atoms with Gasteiger partial charge in [0.15, 0.2) is 0 Å². The topological polar surface area (TPSA) is 40.5 Å². The zero-order chi connectivity index (χ0) is 16.5. The Kier molecular flexibility index (Phi) is 16.7. The molecule has 0 aliphatic heterocycles. The molecule has 1 aliphatic carbocycles. The van der Waals surface area contributed by atoms with Crippen LogP contribution in [0.15, 0.2) is 17.7 Å². The largest absolute Gasteiger partial charge is 0.557 e. The second-order valence-corrected chi connectivity index (χ2v) is 6.58. The molecule has 4 heteroatoms. The Balaban J connectivity index is 0. The molecule has 0 saturated carbocycles. The van der Waals surface area contributed by atoms with Crippen molar-refractivity contribution in [1.82, 2.24) is 0 Å². The van der Waals surface area contributed by atoms with E-state index in [-0.39, 0.29) is 76.9 Å². The normalized spacial score (nSPS) is 16.2. The summed E-state index contributed by atoms with van der Waals surface area (Å²) in [5, 5.41) is 18.1. The molecular formula is C20H30O2Y2-2. The number of hydrogen-bond donors (Lipinski definition) is 2. The van der Waals surface area contributed by atoms with Crippen LogP contribution in [0.25, 0.3) is 0 Å². The molecule has 1 aromatic rings. The van der Waals surface area contributed by atoms with E-state index in [1.54, 1.807) is 5.57 Å². The summed E-state index contributed by atoms with van der Waals surface area (Å²) >= 11 is 0. The summed E-state index contributed by atoms with van der Waals surface area (Å²) in [4.78, 5) is 0. The second kappa shape index (κ2) is 14.9. The van der Waals surface area contributed by atoms with Gasteiger partial charge in [0.2, 0.25) is 0 Å². The molecule has 1 unspecified atom stereocenters. The first-order valence-corrected chi connectivity index (χ1v) is 8.44. The van der Waals surface area contributed by atoms with Gasteiger partial charge in [-0.2, -0.15) is 0 Å². The standard InChI is InChI=1S/C10H12O2.C10H18.2Y/c1-2-3-4-8-5-9(11)7-10(12)6-8;1-8(2)10-6-4-9(3)5-7-10;;/h7,11-12H,2-4H2,1H3;4,8,10H,5-7H2,1-3H3;;/q-2;;;. The molecule has 0 aromatic heterocycles. The molecule has 0 bridgehead atoms. The van der Waals surface area contributed by atoms with Crippen molar-refractivity contribution in [2.24, 2.45) is 11.8 Å². The van der Waals surface area contributed by atoms with Crippen LogP contribution < -0.4 is 0 Å². The van der Waals surface area contributed by atoms with Gasteiger partial charge in [0.05, 0.1) is 0 Å². The maximum Gasteiger partial charge on any atom is 0 e. The van der Waals surface area contributed by atoms with Gasteiger partial charge >= 0.3 is 0 Å². The van der Waals surface area contributed by atoms with Crippen LogP contribution >= 0.6 is 0 Å². The van der Waals surface area contributed by atoms with Crippen molar-refractivity contribution in [2.75, 3.05) is 0 Å². The van der Waals surface area contributed by atoms with Crippen molar-refractivity contribution >= 4 is 0 Å². The minimum atomic E-state index is -0.0163. The molecule has 24 heavy (non-hydrogen) atoms. The third-order valence-electron chi connectivity index (χ3n) is 4.23. The zero-order valence-electron chi connectivity index (χ0n) is 15.6. The average molecular weight is 480 g/mol. The van der Waals surface area contributed by atoms with E-state index in [4.69, 9.17) is 10.2 Å². The first-order chi connectivity index (χ1) is 10.4. The van der Waals surface area contributed by atoms with Crippen LogP contribution in [-0.2, 0) is 71.8 Å². The summed E-state index contributed by atoms with van der Waals surface area (Å²) in [5.41, 5.74) is 2.34. The zero-order valence-corrected chi connectivity index (χ0v) is 21.3. The summed E-state index contributed by atoms with van der Waals surface area (Å²) in [6.07, 6.45) is 9.40. The van der Waals surface area contributed by atoms with Crippen LogP contribution in [0.2, 0.25) is 0 Å². The third-order valence-corrected chi connectivity index (χ3v) is 4.23. The number of aromatic hydroxyl groups is 2. The van der Waals surface area contributed by atoms with Crippen molar-refractivity contribution in [2.45, 2.75) is 66.2 Å². The minimum absolute atomic E-state index is 0. The molecule has 0 spiro atoms. The predicted octanol–water partition coefficient (Wildman–Crippen LogP) is 5.42. The Labute approximate surface area is 198 Å². The Morgan fingerprint density at radius 1 is 1.17 bits per heavy atom. The molecule has 0 fully saturated rings. The fourth-order valence-electron chi connectivity index (χ4n) is 2.61. The first kappa shape index (κ1) is 27.0. The van der Waals surface area contributed by atoms with Gasteiger partial charge in [-0.15, -0.1) is 11.5 Å². The van der Waals surface area contributed by atoms with Gasteiger partial charge in [-0.3, -0.25) is 5.56 Å². The summed E-state index contributed by atoms with van der Waals surface area (Å²) in [7, 11) is 0. The average Bonchev–Trinajstić information content (AvgIpc) is 2.45. The number of allylic oxidation sites excluding steroid dienone is 2. The number of aryl methyl sites for hydroxylation is 1. The fraction of sp³-hybridized carbons (Fsp3) is 0.600. The van der Waals surface area contributed by atoms with Crippen molar-refractivity contribution < 1.29 is 75.6 Å². The molecular weight excluding hydrogens is 450 g/mol. The molecule has 2 nitrogen and oxygen atoms in total. The van der Waals surface area contributed by atoms with E-state index in [9.17, 15) is 0 Å². The third kappa shape index (κ3) is 11.4. The van der Waals surface area contributed by atoms with Crippen molar-refractivity contribution in [3.8, 4) is 11.5 Å². The van der Waals surface area contributed by atoms with E-state index < -0.39 is 0 Å². The van der Waals surface area contributed by atoms with E-state index in [0.29, 0.717) is 0 Å². The van der Waals surface area contributed by atoms with Gasteiger partial charge in [0, 0.05) is 65.4 Å². The van der Waals surface area contributed by atoms with Crippen LogP contribution in [0.5, 0.6) is 11.5 Å². The molecule has 1 aromatic carbocycles. The van der Waals surface area contributed by atoms with Gasteiger partial charge in [-0.05, 0) is 38.0 Å². The van der Waals surface area contributed by atoms with Gasteiger partial charge in [0.25, 0.3) is 0 Å². The molecule has 130 valence electrons. The smallest absolute Gasteiger partial charge is 0 e. The van der Waals surface area contributed by atoms with Crippen molar-refractivity contribution in [3.05, 3.63) is 35.4 Å². The van der Waals surface area contributed by atoms with Crippen LogP contribution in [-0.4, -0.2) is 10.2 Å². The number of benzene rings is 1. The molecule has 0 saturated heterocycles. The van der Waals surface area contributed by atoms with Gasteiger partial charge in [0.1, 0.15) is 0 Å². The summed E-state index contributed by atoms with van der Waals surface area (Å²) < 4.78 is 0. The monoisotopic (exact) mass is 480 g/mol. The Morgan fingerprint density at radius 2 is 1.75 bits per heavy atom. The van der Waals surface area contributed by atoms with Gasteiger partial charge in [-0.25, -0.2) is 6.07 Å². The van der Waals surface area contributed by atoms with E-state index in [1.807, 2.05) is 0 Å². The van der Waals surface area contributed by atoms with Crippen molar-refractivity contribution in [3.63, 3.8) is 0 Å². The Hall–Kier alpha value is 0.768. The molecule has 0 amide bonds. The van der Waals surface area contributed by atoms with E-state index in [0.717, 1.165) is 36.7 Å². The molecule has 1 atom stereocenters. The minimum Gasteiger partial charge on any atom is -0.557 e.